The summed E-state index contributed by atoms with van der Waals surface area (Å²) in [6.45, 7) is 7.96. The van der Waals surface area contributed by atoms with Crippen LogP contribution >= 0.6 is 12.2 Å². The fourth-order valence-electron chi connectivity index (χ4n) is 2.90. The Hall–Kier alpha value is -1.60. The number of likely N-dealkylation sites (tertiary alicyclic amines) is 1. The third-order valence-electron chi connectivity index (χ3n) is 4.02. The second kappa shape index (κ2) is 5.89. The van der Waals surface area contributed by atoms with E-state index in [1.165, 1.54) is 12.0 Å². The Morgan fingerprint density at radius 3 is 2.77 bits per heavy atom. The van der Waals surface area contributed by atoms with E-state index >= 15 is 0 Å². The molecule has 0 spiro atoms. The van der Waals surface area contributed by atoms with Gasteiger partial charge in [0.1, 0.15) is 0 Å². The van der Waals surface area contributed by atoms with Gasteiger partial charge in [-0.2, -0.15) is 0 Å². The van der Waals surface area contributed by atoms with Crippen molar-refractivity contribution in [2.75, 3.05) is 6.54 Å². The molecule has 22 heavy (non-hydrogen) atoms. The smallest absolute Gasteiger partial charge is 0.217 e. The lowest BCUT2D eigenvalue weighted by molar-refractivity contribution is 0.188. The summed E-state index contributed by atoms with van der Waals surface area (Å²) in [4.78, 5) is 6.64. The summed E-state index contributed by atoms with van der Waals surface area (Å²) in [6, 6.07) is 4.52. The maximum absolute atomic E-state index is 5.53. The van der Waals surface area contributed by atoms with Crippen molar-refractivity contribution >= 4 is 12.2 Å². The number of hydrogen-bond donors (Lipinski definition) is 0. The Balaban J connectivity index is 1.81. The number of tetrazole rings is 1. The zero-order valence-corrected chi connectivity index (χ0v) is 14.1. The van der Waals surface area contributed by atoms with Crippen LogP contribution in [0.1, 0.15) is 45.2 Å². The van der Waals surface area contributed by atoms with Crippen LogP contribution in [0.3, 0.4) is 0 Å². The Kier molecular flexibility index (Phi) is 4.10. The highest BCUT2D eigenvalue weighted by Crippen LogP contribution is 2.31. The summed E-state index contributed by atoms with van der Waals surface area (Å²) in [7, 11) is 0. The van der Waals surface area contributed by atoms with Gasteiger partial charge in [-0.1, -0.05) is 6.07 Å². The minimum absolute atomic E-state index is 0.150. The molecule has 3 rings (SSSR count). The molecule has 1 saturated heterocycles. The third kappa shape index (κ3) is 2.96. The van der Waals surface area contributed by atoms with Gasteiger partial charge in [0.2, 0.25) is 4.77 Å². The van der Waals surface area contributed by atoms with Gasteiger partial charge in [-0.25, -0.2) is 9.36 Å². The van der Waals surface area contributed by atoms with Gasteiger partial charge in [-0.05, 0) is 67.9 Å². The highest BCUT2D eigenvalue weighted by Gasteiger charge is 2.27. The molecule has 0 radical (unpaired) electrons. The van der Waals surface area contributed by atoms with Crippen LogP contribution in [0.15, 0.2) is 24.5 Å². The molecular formula is C15H22N6S. The van der Waals surface area contributed by atoms with E-state index in [2.05, 4.69) is 47.1 Å². The number of rotatable bonds is 3. The van der Waals surface area contributed by atoms with E-state index in [0.29, 0.717) is 17.5 Å². The first-order valence-corrected chi connectivity index (χ1v) is 8.05. The number of pyridine rings is 1. The predicted molar refractivity (Wildman–Crippen MR) is 86.8 cm³/mol. The zero-order valence-electron chi connectivity index (χ0n) is 13.3. The summed E-state index contributed by atoms with van der Waals surface area (Å²) in [5.74, 6) is 0. The largest absolute Gasteiger partial charge is 0.277 e. The van der Waals surface area contributed by atoms with Crippen molar-refractivity contribution in [1.82, 2.24) is 29.7 Å². The second-order valence-corrected chi connectivity index (χ2v) is 7.11. The van der Waals surface area contributed by atoms with E-state index in [-0.39, 0.29) is 5.54 Å². The molecule has 1 atom stereocenters. The van der Waals surface area contributed by atoms with E-state index < -0.39 is 0 Å². The summed E-state index contributed by atoms with van der Waals surface area (Å²) in [6.07, 6.45) is 6.09. The molecule has 1 aliphatic heterocycles. The second-order valence-electron chi connectivity index (χ2n) is 6.74. The zero-order chi connectivity index (χ0) is 15.7. The lowest BCUT2D eigenvalue weighted by atomic mass is 10.1. The molecular weight excluding hydrogens is 296 g/mol. The molecule has 118 valence electrons. The normalized spacial score (nSPS) is 19.7. The van der Waals surface area contributed by atoms with Crippen LogP contribution in [-0.4, -0.2) is 36.2 Å². The van der Waals surface area contributed by atoms with Crippen molar-refractivity contribution in [2.45, 2.75) is 51.9 Å². The monoisotopic (exact) mass is 318 g/mol. The molecule has 7 heteroatoms. The van der Waals surface area contributed by atoms with Crippen LogP contribution in [0, 0.1) is 4.77 Å². The lowest BCUT2D eigenvalue weighted by Crippen LogP contribution is -2.28. The van der Waals surface area contributed by atoms with E-state index in [9.17, 15) is 0 Å². The molecule has 0 N–H and O–H groups in total. The third-order valence-corrected chi connectivity index (χ3v) is 4.41. The van der Waals surface area contributed by atoms with E-state index in [0.717, 1.165) is 13.0 Å². The molecule has 1 fully saturated rings. The van der Waals surface area contributed by atoms with Crippen molar-refractivity contribution in [1.29, 1.82) is 0 Å². The minimum atomic E-state index is -0.150. The van der Waals surface area contributed by atoms with Gasteiger partial charge in [0.15, 0.2) is 0 Å². The van der Waals surface area contributed by atoms with Crippen LogP contribution in [0.5, 0.6) is 0 Å². The molecule has 0 bridgehead atoms. The van der Waals surface area contributed by atoms with E-state index in [4.69, 9.17) is 12.2 Å². The topological polar surface area (TPSA) is 51.8 Å². The van der Waals surface area contributed by atoms with Crippen molar-refractivity contribution < 1.29 is 0 Å². The Morgan fingerprint density at radius 1 is 1.32 bits per heavy atom. The van der Waals surface area contributed by atoms with Gasteiger partial charge in [0, 0.05) is 25.0 Å². The SMILES string of the molecule is CC(C)(C)n1nnn(CN2CCCC2c2cccnc2)c1=S. The molecule has 1 unspecified atom stereocenters. The first-order chi connectivity index (χ1) is 10.5. The molecule has 2 aromatic heterocycles. The first kappa shape index (κ1) is 15.3. The van der Waals surface area contributed by atoms with Crippen molar-refractivity contribution in [3.8, 4) is 0 Å². The highest BCUT2D eigenvalue weighted by molar-refractivity contribution is 7.71. The maximum atomic E-state index is 5.53. The molecule has 0 amide bonds. The minimum Gasteiger partial charge on any atom is -0.277 e. The number of hydrogen-bond acceptors (Lipinski definition) is 5. The summed E-state index contributed by atoms with van der Waals surface area (Å²) in [5.41, 5.74) is 1.11. The van der Waals surface area contributed by atoms with Crippen LogP contribution in [-0.2, 0) is 12.2 Å². The molecule has 0 aliphatic carbocycles. The van der Waals surface area contributed by atoms with Crippen LogP contribution in [0.2, 0.25) is 0 Å². The molecule has 0 aromatic carbocycles. The summed E-state index contributed by atoms with van der Waals surface area (Å²) >= 11 is 5.53. The quantitative estimate of drug-likeness (QED) is 0.815. The van der Waals surface area contributed by atoms with Gasteiger partial charge in [0.05, 0.1) is 12.2 Å². The molecule has 3 heterocycles. The maximum Gasteiger partial charge on any atom is 0.217 e. The Bertz CT molecular complexity index is 684. The molecule has 6 nitrogen and oxygen atoms in total. The summed E-state index contributed by atoms with van der Waals surface area (Å²) in [5, 5.41) is 8.46. The first-order valence-electron chi connectivity index (χ1n) is 7.64. The Morgan fingerprint density at radius 2 is 2.14 bits per heavy atom. The standard InChI is InChI=1S/C15H22N6S/c1-15(2,3)21-14(22)20(17-18-21)11-19-9-5-7-13(19)12-6-4-8-16-10-12/h4,6,8,10,13H,5,7,9,11H2,1-3H3. The number of aromatic nitrogens is 5. The molecule has 2 aromatic rings. The van der Waals surface area contributed by atoms with Crippen LogP contribution < -0.4 is 0 Å². The van der Waals surface area contributed by atoms with E-state index in [1.54, 1.807) is 4.68 Å². The van der Waals surface area contributed by atoms with Crippen molar-refractivity contribution in [3.05, 3.63) is 34.9 Å². The average molecular weight is 318 g/mol. The van der Waals surface area contributed by atoms with E-state index in [1.807, 2.05) is 23.1 Å². The number of nitrogens with zero attached hydrogens (tertiary/aromatic N) is 6. The average Bonchev–Trinajstić information content (AvgIpc) is 3.07. The molecule has 0 saturated carbocycles. The fraction of sp³-hybridized carbons (Fsp3) is 0.600. The van der Waals surface area contributed by atoms with Crippen molar-refractivity contribution in [2.24, 2.45) is 0 Å². The van der Waals surface area contributed by atoms with Gasteiger partial charge < -0.3 is 0 Å². The van der Waals surface area contributed by atoms with Gasteiger partial charge >= 0.3 is 0 Å². The highest BCUT2D eigenvalue weighted by atomic mass is 32.1. The van der Waals surface area contributed by atoms with Crippen LogP contribution in [0.25, 0.3) is 0 Å². The molecule has 1 aliphatic rings. The van der Waals surface area contributed by atoms with Gasteiger partial charge in [-0.3, -0.25) is 9.88 Å². The van der Waals surface area contributed by atoms with Gasteiger partial charge in [-0.15, -0.1) is 0 Å². The van der Waals surface area contributed by atoms with Crippen molar-refractivity contribution in [3.63, 3.8) is 0 Å². The summed E-state index contributed by atoms with van der Waals surface area (Å²) < 4.78 is 4.29. The predicted octanol–water partition coefficient (Wildman–Crippen LogP) is 2.75. The van der Waals surface area contributed by atoms with Gasteiger partial charge in [0.25, 0.3) is 0 Å². The fourth-order valence-corrected chi connectivity index (χ4v) is 3.31. The Labute approximate surface area is 135 Å². The van der Waals surface area contributed by atoms with Crippen LogP contribution in [0.4, 0.5) is 0 Å². The lowest BCUT2D eigenvalue weighted by Gasteiger charge is -2.24.